The van der Waals surface area contributed by atoms with Crippen LogP contribution < -0.4 is 21.3 Å². The first-order valence-corrected chi connectivity index (χ1v) is 11.9. The smallest absolute Gasteiger partial charge is 0.413 e. The van der Waals surface area contributed by atoms with E-state index in [1.807, 2.05) is 5.32 Å². The van der Waals surface area contributed by atoms with Gasteiger partial charge in [-0.15, -0.1) is 11.8 Å². The maximum atomic E-state index is 12.9. The first kappa shape index (κ1) is 28.5. The van der Waals surface area contributed by atoms with Gasteiger partial charge in [0.1, 0.15) is 40.4 Å². The summed E-state index contributed by atoms with van der Waals surface area (Å²) in [6, 6.07) is 3.86. The van der Waals surface area contributed by atoms with Gasteiger partial charge in [-0.25, -0.2) is 9.78 Å². The highest BCUT2D eigenvalue weighted by Gasteiger charge is 2.45. The number of pyridine rings is 1. The van der Waals surface area contributed by atoms with Gasteiger partial charge in [0, 0.05) is 13.1 Å². The minimum absolute atomic E-state index is 0.153. The van der Waals surface area contributed by atoms with E-state index in [0.717, 1.165) is 0 Å². The molecular formula is C21H31F3N6O4S. The number of hydrogen-bond acceptors (Lipinski definition) is 8. The van der Waals surface area contributed by atoms with E-state index < -0.39 is 47.0 Å². The van der Waals surface area contributed by atoms with Gasteiger partial charge in [-0.1, -0.05) is 6.07 Å². The summed E-state index contributed by atoms with van der Waals surface area (Å²) in [6.45, 7) is 5.92. The Morgan fingerprint density at radius 2 is 1.89 bits per heavy atom. The zero-order valence-electron chi connectivity index (χ0n) is 20.2. The van der Waals surface area contributed by atoms with Gasteiger partial charge in [0.05, 0.1) is 0 Å². The molecule has 2 heterocycles. The second-order valence-electron chi connectivity index (χ2n) is 8.65. The largest absolute Gasteiger partial charge is 0.444 e. The van der Waals surface area contributed by atoms with Gasteiger partial charge in [-0.3, -0.25) is 14.9 Å². The Morgan fingerprint density at radius 3 is 2.46 bits per heavy atom. The summed E-state index contributed by atoms with van der Waals surface area (Å²) in [6.07, 6.45) is -5.20. The number of carbonyl (C=O) groups excluding carboxylic acids is 3. The van der Waals surface area contributed by atoms with Gasteiger partial charge in [-0.05, 0) is 46.9 Å². The second kappa shape index (κ2) is 11.8. The Labute approximate surface area is 206 Å². The number of carbonyl (C=O) groups is 3. The summed E-state index contributed by atoms with van der Waals surface area (Å²) < 4.78 is 42.7. The van der Waals surface area contributed by atoms with Crippen LogP contribution in [-0.4, -0.2) is 82.9 Å². The van der Waals surface area contributed by atoms with Gasteiger partial charge < -0.3 is 25.6 Å². The lowest BCUT2D eigenvalue weighted by Crippen LogP contribution is -2.55. The van der Waals surface area contributed by atoms with Crippen LogP contribution >= 0.6 is 11.8 Å². The van der Waals surface area contributed by atoms with Crippen molar-refractivity contribution in [1.29, 1.82) is 0 Å². The van der Waals surface area contributed by atoms with E-state index >= 15 is 0 Å². The Bertz CT molecular complexity index is 912. The van der Waals surface area contributed by atoms with Gasteiger partial charge in [-0.2, -0.15) is 13.2 Å². The van der Waals surface area contributed by atoms with Crippen molar-refractivity contribution in [3.8, 4) is 0 Å². The number of thioether (sulfide) groups is 1. The van der Waals surface area contributed by atoms with Gasteiger partial charge in [0.15, 0.2) is 0 Å². The minimum Gasteiger partial charge on any atom is -0.444 e. The third kappa shape index (κ3) is 8.76. The number of likely N-dealkylation sites (N-methyl/N-ethyl adjacent to an activating group) is 2. The van der Waals surface area contributed by atoms with Crippen LogP contribution in [0.5, 0.6) is 0 Å². The number of nitrogens with zero attached hydrogens (tertiary/aromatic N) is 2. The van der Waals surface area contributed by atoms with E-state index in [0.29, 0.717) is 5.82 Å². The summed E-state index contributed by atoms with van der Waals surface area (Å²) in [5.74, 6) is -0.447. The predicted octanol–water partition coefficient (Wildman–Crippen LogP) is 2.40. The van der Waals surface area contributed by atoms with Crippen LogP contribution in [0.3, 0.4) is 0 Å². The number of nitrogens with one attached hydrogen (secondary N) is 4. The number of amides is 3. The molecule has 1 aliphatic heterocycles. The Balaban J connectivity index is 2.02. The second-order valence-corrected chi connectivity index (χ2v) is 9.98. The molecule has 1 saturated heterocycles. The topological polar surface area (TPSA) is 125 Å². The molecule has 35 heavy (non-hydrogen) atoms. The number of alkyl halides is 3. The zero-order chi connectivity index (χ0) is 26.4. The van der Waals surface area contributed by atoms with Crippen LogP contribution in [0, 0.1) is 0 Å². The summed E-state index contributed by atoms with van der Waals surface area (Å²) in [4.78, 5) is 43.0. The third-order valence-electron chi connectivity index (χ3n) is 4.70. The molecule has 3 amide bonds. The number of anilines is 2. The van der Waals surface area contributed by atoms with E-state index in [1.165, 1.54) is 23.7 Å². The molecule has 14 heteroatoms. The number of rotatable bonds is 9. The van der Waals surface area contributed by atoms with Crippen LogP contribution in [0.1, 0.15) is 27.7 Å². The normalized spacial score (nSPS) is 19.3. The van der Waals surface area contributed by atoms with Crippen molar-refractivity contribution >= 4 is 41.3 Å². The molecule has 1 aromatic rings. The molecule has 2 rings (SSSR count). The number of halogens is 3. The van der Waals surface area contributed by atoms with Crippen molar-refractivity contribution in [1.82, 2.24) is 20.5 Å². The number of hydrogen-bond donors (Lipinski definition) is 4. The molecule has 0 aromatic carbocycles. The molecule has 1 aromatic heterocycles. The summed E-state index contributed by atoms with van der Waals surface area (Å²) in [5, 5.41) is 8.87. The average molecular weight is 521 g/mol. The van der Waals surface area contributed by atoms with E-state index in [1.54, 1.807) is 45.9 Å². The highest BCUT2D eigenvalue weighted by atomic mass is 32.2. The standard InChI is InChI=1S/C21H31F3N6O4S/c1-6-30-17(32)12(35-18(30)15(25-5)16(31)27-11-21(22,23)24)10-26-13-8-7-9-14(28-13)29-19(33)34-20(2,3)4/h7-9,12,15,18,25H,6,10-11H2,1-5H3,(H,27,31)(H2,26,28,29,33)/t12-,15-,18+/m1/s1. The molecule has 196 valence electrons. The highest BCUT2D eigenvalue weighted by molar-refractivity contribution is 8.01. The SMILES string of the molecule is CCN1C(=O)[C@@H](CNc2cccc(NC(=O)OC(C)(C)C)n2)S[C@H]1[C@H](NC)C(=O)NCC(F)(F)F. The fraction of sp³-hybridized carbons (Fsp3) is 0.619. The molecule has 0 aliphatic carbocycles. The Kier molecular flexibility index (Phi) is 9.60. The molecule has 1 fully saturated rings. The quantitative estimate of drug-likeness (QED) is 0.391. The van der Waals surface area contributed by atoms with Crippen molar-refractivity contribution < 1.29 is 32.3 Å². The molecule has 0 spiro atoms. The molecule has 0 unspecified atom stereocenters. The van der Waals surface area contributed by atoms with Gasteiger partial charge in [0.2, 0.25) is 11.8 Å². The Hall–Kier alpha value is -2.74. The van der Waals surface area contributed by atoms with Crippen molar-refractivity contribution in [3.63, 3.8) is 0 Å². The fourth-order valence-electron chi connectivity index (χ4n) is 3.25. The first-order chi connectivity index (χ1) is 16.2. The maximum Gasteiger partial charge on any atom is 0.413 e. The van der Waals surface area contributed by atoms with Gasteiger partial charge in [0.25, 0.3) is 0 Å². The maximum absolute atomic E-state index is 12.9. The molecule has 0 saturated carbocycles. The lowest BCUT2D eigenvalue weighted by atomic mass is 10.2. The monoisotopic (exact) mass is 520 g/mol. The summed E-state index contributed by atoms with van der Waals surface area (Å²) >= 11 is 1.18. The van der Waals surface area contributed by atoms with Crippen molar-refractivity contribution in [3.05, 3.63) is 18.2 Å². The van der Waals surface area contributed by atoms with Crippen molar-refractivity contribution in [2.45, 2.75) is 56.1 Å². The highest BCUT2D eigenvalue weighted by Crippen LogP contribution is 2.34. The predicted molar refractivity (Wildman–Crippen MR) is 127 cm³/mol. The van der Waals surface area contributed by atoms with Crippen molar-refractivity contribution in [2.75, 3.05) is 37.3 Å². The van der Waals surface area contributed by atoms with Gasteiger partial charge >= 0.3 is 12.3 Å². The van der Waals surface area contributed by atoms with Crippen LogP contribution in [0.15, 0.2) is 18.2 Å². The lowest BCUT2D eigenvalue weighted by Gasteiger charge is -2.29. The zero-order valence-corrected chi connectivity index (χ0v) is 21.0. The summed E-state index contributed by atoms with van der Waals surface area (Å²) in [5.41, 5.74) is -0.670. The molecule has 0 radical (unpaired) electrons. The van der Waals surface area contributed by atoms with Crippen LogP contribution in [0.2, 0.25) is 0 Å². The Morgan fingerprint density at radius 1 is 1.23 bits per heavy atom. The molecule has 10 nitrogen and oxygen atoms in total. The molecule has 0 bridgehead atoms. The average Bonchev–Trinajstić information content (AvgIpc) is 3.04. The number of aromatic nitrogens is 1. The first-order valence-electron chi connectivity index (χ1n) is 10.9. The fourth-order valence-corrected chi connectivity index (χ4v) is 4.83. The molecular weight excluding hydrogens is 489 g/mol. The van der Waals surface area contributed by atoms with E-state index in [9.17, 15) is 27.6 Å². The van der Waals surface area contributed by atoms with E-state index in [2.05, 4.69) is 20.9 Å². The van der Waals surface area contributed by atoms with Crippen molar-refractivity contribution in [2.24, 2.45) is 0 Å². The molecule has 1 aliphatic rings. The minimum atomic E-state index is -4.54. The number of ether oxygens (including phenoxy) is 1. The van der Waals surface area contributed by atoms with E-state index in [4.69, 9.17) is 4.74 Å². The third-order valence-corrected chi connectivity index (χ3v) is 6.20. The molecule has 3 atom stereocenters. The molecule has 4 N–H and O–H groups in total. The van der Waals surface area contributed by atoms with Crippen LogP contribution in [0.4, 0.5) is 29.6 Å². The van der Waals surface area contributed by atoms with Crippen LogP contribution in [0.25, 0.3) is 0 Å². The van der Waals surface area contributed by atoms with E-state index in [-0.39, 0.29) is 24.8 Å². The van der Waals surface area contributed by atoms with Crippen LogP contribution in [-0.2, 0) is 14.3 Å². The lowest BCUT2D eigenvalue weighted by molar-refractivity contribution is -0.140. The summed E-state index contributed by atoms with van der Waals surface area (Å²) in [7, 11) is 1.45.